The van der Waals surface area contributed by atoms with Gasteiger partial charge in [-0.3, -0.25) is 19.2 Å². The van der Waals surface area contributed by atoms with Crippen molar-refractivity contribution in [1.29, 1.82) is 0 Å². The summed E-state index contributed by atoms with van der Waals surface area (Å²) in [6.45, 7) is 3.14. The summed E-state index contributed by atoms with van der Waals surface area (Å²) in [5, 5.41) is 6.18. The van der Waals surface area contributed by atoms with Crippen molar-refractivity contribution in [2.45, 2.75) is 95.2 Å². The SMILES string of the molecule is O=C(CC12CC(C1)C2)[C@@H]1Cc2cccc(c2)Oc2cccc(c2)C[C@H](N2CCCC2=O)C(=O)N[C@@H](CCN2CCCCC2)C(=O)N1. The molecule has 0 radical (unpaired) electrons. The molecule has 6 bridgehead atoms. The van der Waals surface area contributed by atoms with Gasteiger partial charge in [0.2, 0.25) is 17.7 Å². The summed E-state index contributed by atoms with van der Waals surface area (Å²) >= 11 is 0. The Kier molecular flexibility index (Phi) is 8.86. The Balaban J connectivity index is 1.21. The van der Waals surface area contributed by atoms with Crippen molar-refractivity contribution in [2.24, 2.45) is 11.3 Å². The van der Waals surface area contributed by atoms with Crippen LogP contribution in [0.2, 0.25) is 0 Å². The second-order valence-electron chi connectivity index (χ2n) is 14.4. The average Bonchev–Trinajstić information content (AvgIpc) is 3.44. The van der Waals surface area contributed by atoms with E-state index in [0.717, 1.165) is 62.2 Å². The number of hydrogen-bond donors (Lipinski definition) is 2. The van der Waals surface area contributed by atoms with Crippen LogP contribution in [0.25, 0.3) is 0 Å². The van der Waals surface area contributed by atoms with Crippen LogP contribution in [0, 0.1) is 11.3 Å². The fourth-order valence-corrected chi connectivity index (χ4v) is 8.33. The van der Waals surface area contributed by atoms with Gasteiger partial charge in [0, 0.05) is 32.4 Å². The maximum absolute atomic E-state index is 14.2. The minimum absolute atomic E-state index is 0.0487. The van der Waals surface area contributed by atoms with Crippen molar-refractivity contribution in [3.05, 3.63) is 59.7 Å². The summed E-state index contributed by atoms with van der Waals surface area (Å²) in [5.74, 6) is 1.36. The number of carbonyl (C=O) groups is 4. The standard InChI is InChI=1S/C37H46N4O5/c42-33(24-37-21-27(22-37)23-37)31-19-25-7-4-9-28(17-25)46-29-10-5-8-26(18-29)20-32(41-15-6-11-34(41)43)36(45)38-30(35(44)39-31)12-16-40-13-2-1-3-14-40/h4-5,7-10,17-18,27,30-32H,1-3,6,11-16,19-24H2,(H,38,45)(H,39,44)/t27?,30-,31-,32-,37?/m0/s1. The maximum Gasteiger partial charge on any atom is 0.243 e. The Hall–Kier alpha value is -3.72. The first-order chi connectivity index (χ1) is 22.3. The summed E-state index contributed by atoms with van der Waals surface area (Å²) in [5.41, 5.74) is 1.88. The Morgan fingerprint density at radius 2 is 1.52 bits per heavy atom. The minimum atomic E-state index is -0.825. The third-order valence-electron chi connectivity index (χ3n) is 10.9. The molecule has 5 fully saturated rings. The summed E-state index contributed by atoms with van der Waals surface area (Å²) in [7, 11) is 0. The first-order valence-electron chi connectivity index (χ1n) is 17.3. The molecular formula is C37H46N4O5. The lowest BCUT2D eigenvalue weighted by atomic mass is 9.43. The van der Waals surface area contributed by atoms with Gasteiger partial charge >= 0.3 is 0 Å². The van der Waals surface area contributed by atoms with Gasteiger partial charge in [-0.15, -0.1) is 0 Å². The number of carbonyl (C=O) groups excluding carboxylic acids is 4. The van der Waals surface area contributed by atoms with E-state index in [-0.39, 0.29) is 28.9 Å². The van der Waals surface area contributed by atoms with Crippen LogP contribution in [0.1, 0.15) is 75.3 Å². The first-order valence-corrected chi connectivity index (χ1v) is 17.3. The monoisotopic (exact) mass is 626 g/mol. The summed E-state index contributed by atoms with van der Waals surface area (Å²) in [6.07, 6.45) is 9.45. The van der Waals surface area contributed by atoms with Gasteiger partial charge in [0.05, 0.1) is 6.04 Å². The second-order valence-corrected chi connectivity index (χ2v) is 14.4. The number of piperidine rings is 1. The van der Waals surface area contributed by atoms with Crippen LogP contribution in [0.15, 0.2) is 48.5 Å². The number of hydrogen-bond acceptors (Lipinski definition) is 6. The average molecular weight is 627 g/mol. The van der Waals surface area contributed by atoms with E-state index in [9.17, 15) is 19.2 Å². The zero-order chi connectivity index (χ0) is 31.7. The van der Waals surface area contributed by atoms with E-state index in [1.54, 1.807) is 4.90 Å². The molecule has 2 saturated heterocycles. The smallest absolute Gasteiger partial charge is 0.243 e. The van der Waals surface area contributed by atoms with E-state index in [4.69, 9.17) is 4.74 Å². The molecular weight excluding hydrogens is 580 g/mol. The molecule has 9 nitrogen and oxygen atoms in total. The number of rotatable bonds is 7. The van der Waals surface area contributed by atoms with Gasteiger partial charge in [-0.2, -0.15) is 0 Å². The molecule has 3 aliphatic carbocycles. The van der Waals surface area contributed by atoms with Crippen molar-refractivity contribution < 1.29 is 23.9 Å². The largest absolute Gasteiger partial charge is 0.457 e. The van der Waals surface area contributed by atoms with Gasteiger partial charge < -0.3 is 25.2 Å². The molecule has 3 amide bonds. The highest BCUT2D eigenvalue weighted by atomic mass is 16.5. The molecule has 9 heteroatoms. The van der Waals surface area contributed by atoms with E-state index in [1.165, 1.54) is 6.42 Å². The number of ketones is 1. The fourth-order valence-electron chi connectivity index (χ4n) is 8.33. The zero-order valence-electron chi connectivity index (χ0n) is 26.7. The molecule has 3 atom stereocenters. The number of nitrogens with zero attached hydrogens (tertiary/aromatic N) is 2. The minimum Gasteiger partial charge on any atom is -0.457 e. The second kappa shape index (κ2) is 13.2. The van der Waals surface area contributed by atoms with Gasteiger partial charge in [0.25, 0.3) is 0 Å². The Labute approximate surface area is 271 Å². The number of amides is 3. The van der Waals surface area contributed by atoms with Crippen LogP contribution < -0.4 is 15.4 Å². The molecule has 6 aliphatic rings. The first kappa shape index (κ1) is 30.9. The van der Waals surface area contributed by atoms with Crippen molar-refractivity contribution in [3.8, 4) is 11.5 Å². The molecule has 3 heterocycles. The van der Waals surface area contributed by atoms with Crippen LogP contribution in [0.4, 0.5) is 0 Å². The summed E-state index contributed by atoms with van der Waals surface area (Å²) < 4.78 is 6.25. The highest BCUT2D eigenvalue weighted by Gasteiger charge is 2.57. The van der Waals surface area contributed by atoms with Gasteiger partial charge in [0.15, 0.2) is 5.78 Å². The Morgan fingerprint density at radius 1 is 0.826 bits per heavy atom. The fraction of sp³-hybridized carbons (Fsp3) is 0.568. The Morgan fingerprint density at radius 3 is 2.15 bits per heavy atom. The predicted octanol–water partition coefficient (Wildman–Crippen LogP) is 4.17. The summed E-state index contributed by atoms with van der Waals surface area (Å²) in [6, 6.07) is 13.0. The molecule has 3 saturated carbocycles. The third-order valence-corrected chi connectivity index (χ3v) is 10.9. The van der Waals surface area contributed by atoms with Gasteiger partial charge in [-0.05, 0) is 111 Å². The number of benzene rings is 2. The van der Waals surface area contributed by atoms with Crippen molar-refractivity contribution >= 4 is 23.5 Å². The molecule has 244 valence electrons. The van der Waals surface area contributed by atoms with Crippen LogP contribution in [0.5, 0.6) is 11.5 Å². The molecule has 3 aliphatic heterocycles. The highest BCUT2D eigenvalue weighted by molar-refractivity contribution is 5.95. The van der Waals surface area contributed by atoms with Crippen LogP contribution in [0.3, 0.4) is 0 Å². The normalized spacial score (nSPS) is 30.0. The molecule has 0 aromatic heterocycles. The predicted molar refractivity (Wildman–Crippen MR) is 173 cm³/mol. The number of nitrogens with one attached hydrogen (secondary N) is 2. The van der Waals surface area contributed by atoms with Crippen molar-refractivity contribution in [3.63, 3.8) is 0 Å². The molecule has 2 aromatic carbocycles. The van der Waals surface area contributed by atoms with Gasteiger partial charge in [-0.25, -0.2) is 0 Å². The van der Waals surface area contributed by atoms with Crippen LogP contribution >= 0.6 is 0 Å². The van der Waals surface area contributed by atoms with E-state index in [1.807, 2.05) is 48.5 Å². The van der Waals surface area contributed by atoms with Crippen LogP contribution in [-0.4, -0.2) is 77.6 Å². The molecule has 2 N–H and O–H groups in total. The van der Waals surface area contributed by atoms with E-state index in [2.05, 4.69) is 15.5 Å². The van der Waals surface area contributed by atoms with Crippen LogP contribution in [-0.2, 0) is 32.0 Å². The summed E-state index contributed by atoms with van der Waals surface area (Å²) in [4.78, 5) is 59.1. The molecule has 0 unspecified atom stereocenters. The number of fused-ring (bicyclic) bond motifs is 4. The molecule has 2 aromatic rings. The third kappa shape index (κ3) is 6.85. The van der Waals surface area contributed by atoms with E-state index >= 15 is 0 Å². The van der Waals surface area contributed by atoms with E-state index in [0.29, 0.717) is 63.1 Å². The van der Waals surface area contributed by atoms with Crippen molar-refractivity contribution in [1.82, 2.24) is 20.4 Å². The zero-order valence-corrected chi connectivity index (χ0v) is 26.7. The number of Topliss-reactive ketones (excluding diaryl/α,β-unsaturated/α-hetero) is 1. The van der Waals surface area contributed by atoms with Crippen molar-refractivity contribution in [2.75, 3.05) is 26.2 Å². The van der Waals surface area contributed by atoms with Gasteiger partial charge in [-0.1, -0.05) is 30.7 Å². The molecule has 8 rings (SSSR count). The highest BCUT2D eigenvalue weighted by Crippen LogP contribution is 2.66. The Bertz CT molecular complexity index is 1470. The van der Waals surface area contributed by atoms with E-state index < -0.39 is 18.1 Å². The number of ether oxygens (including phenoxy) is 1. The lowest BCUT2D eigenvalue weighted by Crippen LogP contribution is -2.58. The molecule has 46 heavy (non-hydrogen) atoms. The lowest BCUT2D eigenvalue weighted by Gasteiger charge is -2.62. The topological polar surface area (TPSA) is 108 Å². The number of likely N-dealkylation sites (tertiary alicyclic amines) is 2. The lowest BCUT2D eigenvalue weighted by molar-refractivity contribution is -0.146. The van der Waals surface area contributed by atoms with Gasteiger partial charge in [0.1, 0.15) is 23.6 Å². The molecule has 0 spiro atoms. The maximum atomic E-state index is 14.2. The quantitative estimate of drug-likeness (QED) is 0.478.